The van der Waals surface area contributed by atoms with Crippen LogP contribution < -0.4 is 0 Å². The van der Waals surface area contributed by atoms with Gasteiger partial charge in [-0.1, -0.05) is 127 Å². The van der Waals surface area contributed by atoms with Crippen LogP contribution in [0.2, 0.25) is 0 Å². The number of para-hydroxylation sites is 3. The lowest BCUT2D eigenvalue weighted by Crippen LogP contribution is -2.06. The molecule has 0 fully saturated rings. The van der Waals surface area contributed by atoms with Gasteiger partial charge in [-0.25, -0.2) is 9.97 Å². The Kier molecular flexibility index (Phi) is 6.68. The molecule has 0 aliphatic rings. The quantitative estimate of drug-likeness (QED) is 0.185. The summed E-state index contributed by atoms with van der Waals surface area (Å²) in [5, 5.41) is 4.87. The van der Waals surface area contributed by atoms with Gasteiger partial charge in [0.05, 0.1) is 27.8 Å². The van der Waals surface area contributed by atoms with Crippen molar-refractivity contribution in [2.45, 2.75) is 6.92 Å². The Balaban J connectivity index is 1.19. The summed E-state index contributed by atoms with van der Waals surface area (Å²) in [5.41, 5.74) is 12.2. The van der Waals surface area contributed by atoms with Crippen LogP contribution in [0.15, 0.2) is 176 Å². The zero-order chi connectivity index (χ0) is 33.9. The van der Waals surface area contributed by atoms with Gasteiger partial charge >= 0.3 is 0 Å². The van der Waals surface area contributed by atoms with Gasteiger partial charge in [0.25, 0.3) is 0 Å². The van der Waals surface area contributed by atoms with Gasteiger partial charge in [0.1, 0.15) is 5.82 Å². The molecule has 0 amide bonds. The van der Waals surface area contributed by atoms with Gasteiger partial charge in [-0.05, 0) is 66.6 Å². The van der Waals surface area contributed by atoms with E-state index in [9.17, 15) is 0 Å². The Bertz CT molecular complexity index is 2900. The van der Waals surface area contributed by atoms with E-state index in [0.717, 1.165) is 44.9 Å². The fourth-order valence-electron chi connectivity index (χ4n) is 7.70. The summed E-state index contributed by atoms with van der Waals surface area (Å²) in [5.74, 6) is 1.59. The highest BCUT2D eigenvalue weighted by Gasteiger charge is 2.21. The molecule has 0 aliphatic carbocycles. The van der Waals surface area contributed by atoms with Crippen molar-refractivity contribution in [1.82, 2.24) is 19.1 Å². The van der Waals surface area contributed by atoms with Crippen molar-refractivity contribution < 1.29 is 0 Å². The second-order valence-electron chi connectivity index (χ2n) is 13.1. The number of rotatable bonds is 5. The molecule has 3 aromatic heterocycles. The molecule has 0 saturated heterocycles. The number of benzene rings is 7. The summed E-state index contributed by atoms with van der Waals surface area (Å²) in [6.07, 6.45) is 0. The fourth-order valence-corrected chi connectivity index (χ4v) is 7.70. The summed E-state index contributed by atoms with van der Waals surface area (Å²) >= 11 is 0. The number of fused-ring (bicyclic) bond motifs is 6. The van der Waals surface area contributed by atoms with Crippen molar-refractivity contribution in [2.24, 2.45) is 0 Å². The molecule has 51 heavy (non-hydrogen) atoms. The van der Waals surface area contributed by atoms with Crippen LogP contribution in [-0.2, 0) is 0 Å². The zero-order valence-corrected chi connectivity index (χ0v) is 28.0. The van der Waals surface area contributed by atoms with Crippen LogP contribution in [0.3, 0.4) is 0 Å². The van der Waals surface area contributed by atoms with Crippen molar-refractivity contribution in [2.75, 3.05) is 0 Å². The predicted molar refractivity (Wildman–Crippen MR) is 212 cm³/mol. The average molecular weight is 653 g/mol. The van der Waals surface area contributed by atoms with Crippen LogP contribution in [0.25, 0.3) is 88.9 Å². The standard InChI is InChI=1S/C47H32N4/c1-31-45(32-15-5-2-6-16-32)48-46(33-17-7-3-8-18-33)49-47(31)51-42-24-14-12-22-38(42)40-30-35(26-28-44(40)51)34-25-27-43-39(29-34)37-21-11-13-23-41(37)50(43)36-19-9-4-10-20-36/h2-30H,1H3. The second kappa shape index (κ2) is 11.7. The minimum atomic E-state index is 0.709. The lowest BCUT2D eigenvalue weighted by atomic mass is 10.0. The third kappa shape index (κ3) is 4.68. The van der Waals surface area contributed by atoms with Gasteiger partial charge in [-0.3, -0.25) is 4.57 Å². The Labute approximate surface area is 295 Å². The van der Waals surface area contributed by atoms with Crippen molar-refractivity contribution in [3.05, 3.63) is 181 Å². The molecule has 7 aromatic carbocycles. The van der Waals surface area contributed by atoms with Crippen molar-refractivity contribution >= 4 is 43.6 Å². The number of nitrogens with zero attached hydrogens (tertiary/aromatic N) is 4. The topological polar surface area (TPSA) is 35.6 Å². The molecule has 4 nitrogen and oxygen atoms in total. The molecule has 0 unspecified atom stereocenters. The maximum absolute atomic E-state index is 5.29. The molecule has 4 heteroatoms. The smallest absolute Gasteiger partial charge is 0.162 e. The van der Waals surface area contributed by atoms with Gasteiger partial charge in [-0.15, -0.1) is 0 Å². The zero-order valence-electron chi connectivity index (χ0n) is 28.0. The number of hydrogen-bond acceptors (Lipinski definition) is 2. The number of hydrogen-bond donors (Lipinski definition) is 0. The first-order valence-electron chi connectivity index (χ1n) is 17.3. The van der Waals surface area contributed by atoms with Crippen LogP contribution in [0, 0.1) is 6.92 Å². The molecule has 0 N–H and O–H groups in total. The van der Waals surface area contributed by atoms with Crippen LogP contribution in [-0.4, -0.2) is 19.1 Å². The van der Waals surface area contributed by atoms with Crippen LogP contribution in [0.5, 0.6) is 0 Å². The highest BCUT2D eigenvalue weighted by molar-refractivity contribution is 6.12. The summed E-state index contributed by atoms with van der Waals surface area (Å²) in [7, 11) is 0. The Morgan fingerprint density at radius 1 is 0.373 bits per heavy atom. The normalized spacial score (nSPS) is 11.6. The van der Waals surface area contributed by atoms with Gasteiger partial charge in [0.15, 0.2) is 5.82 Å². The first-order valence-corrected chi connectivity index (χ1v) is 17.3. The van der Waals surface area contributed by atoms with Gasteiger partial charge in [0, 0.05) is 43.9 Å². The molecule has 0 atom stereocenters. The van der Waals surface area contributed by atoms with Crippen molar-refractivity contribution in [3.63, 3.8) is 0 Å². The van der Waals surface area contributed by atoms with Crippen LogP contribution in [0.4, 0.5) is 0 Å². The minimum Gasteiger partial charge on any atom is -0.309 e. The van der Waals surface area contributed by atoms with E-state index < -0.39 is 0 Å². The highest BCUT2D eigenvalue weighted by Crippen LogP contribution is 2.39. The van der Waals surface area contributed by atoms with E-state index >= 15 is 0 Å². The third-order valence-electron chi connectivity index (χ3n) is 10.1. The predicted octanol–water partition coefficient (Wildman–Crippen LogP) is 12.0. The molecule has 10 aromatic rings. The summed E-state index contributed by atoms with van der Waals surface area (Å²) in [6.45, 7) is 2.14. The third-order valence-corrected chi connectivity index (χ3v) is 10.1. The van der Waals surface area contributed by atoms with E-state index in [1.165, 1.54) is 43.7 Å². The fraction of sp³-hybridized carbons (Fsp3) is 0.0213. The Hall–Kier alpha value is -6.78. The van der Waals surface area contributed by atoms with Crippen molar-refractivity contribution in [3.8, 4) is 45.3 Å². The largest absolute Gasteiger partial charge is 0.309 e. The highest BCUT2D eigenvalue weighted by atomic mass is 15.1. The Morgan fingerprint density at radius 3 is 1.45 bits per heavy atom. The lowest BCUT2D eigenvalue weighted by Gasteiger charge is -2.16. The van der Waals surface area contributed by atoms with E-state index in [1.807, 2.05) is 24.3 Å². The summed E-state index contributed by atoms with van der Waals surface area (Å²) in [6, 6.07) is 62.4. The molecule has 0 bridgehead atoms. The lowest BCUT2D eigenvalue weighted by molar-refractivity contribution is 1.02. The first-order chi connectivity index (χ1) is 25.2. The molecule has 0 saturated carbocycles. The van der Waals surface area contributed by atoms with E-state index in [2.05, 4.69) is 168 Å². The maximum Gasteiger partial charge on any atom is 0.162 e. The Morgan fingerprint density at radius 2 is 0.843 bits per heavy atom. The molecule has 0 radical (unpaired) electrons. The molecule has 3 heterocycles. The molecule has 0 aliphatic heterocycles. The van der Waals surface area contributed by atoms with Crippen molar-refractivity contribution in [1.29, 1.82) is 0 Å². The molecular formula is C47H32N4. The second-order valence-corrected chi connectivity index (χ2v) is 13.1. The van der Waals surface area contributed by atoms with E-state index in [1.54, 1.807) is 0 Å². The summed E-state index contributed by atoms with van der Waals surface area (Å²) in [4.78, 5) is 10.4. The van der Waals surface area contributed by atoms with Gasteiger partial charge in [0.2, 0.25) is 0 Å². The van der Waals surface area contributed by atoms with Gasteiger partial charge < -0.3 is 4.57 Å². The first kappa shape index (κ1) is 29.2. The molecular weight excluding hydrogens is 621 g/mol. The SMILES string of the molecule is Cc1c(-c2ccccc2)nc(-c2ccccc2)nc1-n1c2ccccc2c2cc(-c3ccc4c(c3)c3ccccc3n4-c3ccccc3)ccc21. The molecule has 240 valence electrons. The maximum atomic E-state index is 5.29. The van der Waals surface area contributed by atoms with Crippen LogP contribution in [0.1, 0.15) is 5.56 Å². The van der Waals surface area contributed by atoms with Gasteiger partial charge in [-0.2, -0.15) is 0 Å². The average Bonchev–Trinajstić information content (AvgIpc) is 3.71. The molecule has 0 spiro atoms. The summed E-state index contributed by atoms with van der Waals surface area (Å²) < 4.78 is 4.68. The number of aromatic nitrogens is 4. The monoisotopic (exact) mass is 652 g/mol. The van der Waals surface area contributed by atoms with Crippen LogP contribution >= 0.6 is 0 Å². The minimum absolute atomic E-state index is 0.709. The van der Waals surface area contributed by atoms with E-state index in [4.69, 9.17) is 9.97 Å². The molecule has 10 rings (SSSR count). The van der Waals surface area contributed by atoms with E-state index in [-0.39, 0.29) is 0 Å². The van der Waals surface area contributed by atoms with E-state index in [0.29, 0.717) is 5.82 Å².